The number of halogens is 2. The fourth-order valence-corrected chi connectivity index (χ4v) is 3.86. The molecule has 0 aliphatic heterocycles. The molecule has 1 heterocycles. The van der Waals surface area contributed by atoms with Gasteiger partial charge in [-0.15, -0.1) is 0 Å². The zero-order valence-corrected chi connectivity index (χ0v) is 18.8. The topological polar surface area (TPSA) is 55.6 Å². The van der Waals surface area contributed by atoms with Crippen LogP contribution in [0.1, 0.15) is 21.5 Å². The Hall–Kier alpha value is -3.20. The van der Waals surface area contributed by atoms with Crippen LogP contribution in [0.2, 0.25) is 0 Å². The first kappa shape index (κ1) is 21.0. The van der Waals surface area contributed by atoms with Gasteiger partial charge in [0.25, 0.3) is 5.91 Å². The highest BCUT2D eigenvalue weighted by Gasteiger charge is 2.08. The summed E-state index contributed by atoms with van der Waals surface area (Å²) >= 11 is 2.15. The van der Waals surface area contributed by atoms with E-state index in [-0.39, 0.29) is 11.7 Å². The maximum absolute atomic E-state index is 13.4. The smallest absolute Gasteiger partial charge is 0.271 e. The molecular weight excluding hydrogens is 508 g/mol. The Kier molecular flexibility index (Phi) is 6.31. The lowest BCUT2D eigenvalue weighted by Crippen LogP contribution is -2.17. The van der Waals surface area contributed by atoms with Gasteiger partial charge >= 0.3 is 0 Å². The third kappa shape index (κ3) is 4.93. The van der Waals surface area contributed by atoms with Gasteiger partial charge in [0.1, 0.15) is 11.6 Å². The summed E-state index contributed by atoms with van der Waals surface area (Å²) in [5.74, 6) is 0.0943. The number of ether oxygens (including phenoxy) is 1. The van der Waals surface area contributed by atoms with E-state index in [1.807, 2.05) is 42.6 Å². The van der Waals surface area contributed by atoms with E-state index in [1.54, 1.807) is 37.6 Å². The Morgan fingerprint density at radius 3 is 2.84 bits per heavy atom. The van der Waals surface area contributed by atoms with Gasteiger partial charge in [-0.2, -0.15) is 5.10 Å². The molecule has 0 aliphatic rings. The zero-order chi connectivity index (χ0) is 21.8. The second-order valence-electron chi connectivity index (χ2n) is 6.94. The summed E-state index contributed by atoms with van der Waals surface area (Å²) in [6, 6.07) is 19.7. The van der Waals surface area contributed by atoms with Crippen LogP contribution in [-0.4, -0.2) is 23.8 Å². The van der Waals surface area contributed by atoms with Crippen LogP contribution in [0, 0.1) is 9.39 Å². The standard InChI is InChI=1S/C24H19FIN3O2/c1-31-23-13-19(6-7-21(23)26)24(30)28-27-14-16-5-8-22-18(11-16)9-10-29(22)15-17-3-2-4-20(25)12-17/h2-14H,15H2,1H3,(H,28,30)/b27-14-. The Bertz CT molecular complexity index is 1280. The number of hydrogen-bond acceptors (Lipinski definition) is 3. The van der Waals surface area contributed by atoms with Gasteiger partial charge in [-0.1, -0.05) is 18.2 Å². The van der Waals surface area contributed by atoms with E-state index < -0.39 is 0 Å². The number of amides is 1. The number of fused-ring (bicyclic) bond motifs is 1. The molecule has 1 N–H and O–H groups in total. The average Bonchev–Trinajstić information content (AvgIpc) is 3.16. The summed E-state index contributed by atoms with van der Waals surface area (Å²) in [7, 11) is 1.57. The molecule has 0 saturated heterocycles. The van der Waals surface area contributed by atoms with Crippen molar-refractivity contribution >= 4 is 45.6 Å². The van der Waals surface area contributed by atoms with E-state index in [9.17, 15) is 9.18 Å². The highest BCUT2D eigenvalue weighted by atomic mass is 127. The van der Waals surface area contributed by atoms with Gasteiger partial charge in [-0.05, 0) is 82.2 Å². The van der Waals surface area contributed by atoms with Gasteiger partial charge in [0, 0.05) is 29.2 Å². The van der Waals surface area contributed by atoms with Crippen LogP contribution in [0.4, 0.5) is 4.39 Å². The molecule has 0 fully saturated rings. The molecule has 0 bridgehead atoms. The van der Waals surface area contributed by atoms with Crippen LogP contribution in [0.5, 0.6) is 5.75 Å². The Morgan fingerprint density at radius 1 is 1.16 bits per heavy atom. The highest BCUT2D eigenvalue weighted by Crippen LogP contribution is 2.22. The largest absolute Gasteiger partial charge is 0.496 e. The maximum atomic E-state index is 13.4. The van der Waals surface area contributed by atoms with Crippen LogP contribution < -0.4 is 10.2 Å². The van der Waals surface area contributed by atoms with Gasteiger partial charge in [-0.25, -0.2) is 9.82 Å². The van der Waals surface area contributed by atoms with E-state index in [0.29, 0.717) is 17.9 Å². The first-order valence-corrected chi connectivity index (χ1v) is 10.6. The van der Waals surface area contributed by atoms with Crippen molar-refractivity contribution in [2.24, 2.45) is 5.10 Å². The van der Waals surface area contributed by atoms with E-state index in [4.69, 9.17) is 4.74 Å². The van der Waals surface area contributed by atoms with Crippen molar-refractivity contribution in [3.8, 4) is 5.75 Å². The fourth-order valence-electron chi connectivity index (χ4n) is 3.30. The molecule has 0 atom stereocenters. The van der Waals surface area contributed by atoms with Crippen molar-refractivity contribution in [3.05, 3.63) is 99.0 Å². The molecule has 7 heteroatoms. The first-order valence-electron chi connectivity index (χ1n) is 9.54. The van der Waals surface area contributed by atoms with Crippen LogP contribution in [0.25, 0.3) is 10.9 Å². The van der Waals surface area contributed by atoms with Crippen molar-refractivity contribution in [2.45, 2.75) is 6.54 Å². The number of aromatic nitrogens is 1. The Balaban J connectivity index is 1.45. The summed E-state index contributed by atoms with van der Waals surface area (Å²) in [4.78, 5) is 12.3. The third-order valence-electron chi connectivity index (χ3n) is 4.83. The summed E-state index contributed by atoms with van der Waals surface area (Å²) in [5.41, 5.74) is 5.81. The van der Waals surface area contributed by atoms with Gasteiger partial charge in [0.2, 0.25) is 0 Å². The molecule has 3 aromatic carbocycles. The minimum atomic E-state index is -0.312. The van der Waals surface area contributed by atoms with Crippen LogP contribution >= 0.6 is 22.6 Å². The van der Waals surface area contributed by atoms with E-state index in [2.05, 4.69) is 37.7 Å². The lowest BCUT2D eigenvalue weighted by molar-refractivity contribution is 0.0954. The van der Waals surface area contributed by atoms with Gasteiger partial charge < -0.3 is 9.30 Å². The molecule has 5 nitrogen and oxygen atoms in total. The fraction of sp³-hybridized carbons (Fsp3) is 0.0833. The minimum absolute atomic E-state index is 0.238. The molecule has 0 radical (unpaired) electrons. The number of nitrogens with zero attached hydrogens (tertiary/aromatic N) is 2. The number of benzene rings is 3. The quantitative estimate of drug-likeness (QED) is 0.213. The number of methoxy groups -OCH3 is 1. The molecule has 0 spiro atoms. The number of hydrogen-bond donors (Lipinski definition) is 1. The number of hydrazone groups is 1. The predicted octanol–water partition coefficient (Wildman–Crippen LogP) is 5.21. The maximum Gasteiger partial charge on any atom is 0.271 e. The normalized spacial score (nSPS) is 11.2. The van der Waals surface area contributed by atoms with Crippen molar-refractivity contribution in [1.29, 1.82) is 0 Å². The molecule has 1 amide bonds. The summed E-state index contributed by atoms with van der Waals surface area (Å²) in [5, 5.41) is 5.11. The number of nitrogens with one attached hydrogen (secondary N) is 1. The Morgan fingerprint density at radius 2 is 2.03 bits per heavy atom. The molecule has 156 valence electrons. The molecule has 1 aromatic heterocycles. The molecule has 31 heavy (non-hydrogen) atoms. The number of carbonyl (C=O) groups is 1. The third-order valence-corrected chi connectivity index (χ3v) is 5.72. The number of carbonyl (C=O) groups excluding carboxylic acids is 1. The zero-order valence-electron chi connectivity index (χ0n) is 16.7. The SMILES string of the molecule is COc1cc(C(=O)N/N=C\c2ccc3c(ccn3Cc3cccc(F)c3)c2)ccc1I. The summed E-state index contributed by atoms with van der Waals surface area (Å²) < 4.78 is 21.7. The van der Waals surface area contributed by atoms with E-state index in [1.165, 1.54) is 6.07 Å². The molecule has 0 aliphatic carbocycles. The lowest BCUT2D eigenvalue weighted by atomic mass is 10.1. The van der Waals surface area contributed by atoms with Crippen LogP contribution in [-0.2, 0) is 6.54 Å². The van der Waals surface area contributed by atoms with E-state index in [0.717, 1.165) is 25.6 Å². The second kappa shape index (κ2) is 9.30. The molecule has 0 saturated carbocycles. The molecule has 4 aromatic rings. The minimum Gasteiger partial charge on any atom is -0.496 e. The van der Waals surface area contributed by atoms with Gasteiger partial charge in [0.15, 0.2) is 0 Å². The second-order valence-corrected chi connectivity index (χ2v) is 8.10. The van der Waals surface area contributed by atoms with Crippen LogP contribution in [0.15, 0.2) is 78.0 Å². The molecule has 0 unspecified atom stereocenters. The predicted molar refractivity (Wildman–Crippen MR) is 128 cm³/mol. The monoisotopic (exact) mass is 527 g/mol. The van der Waals surface area contributed by atoms with Crippen molar-refractivity contribution in [1.82, 2.24) is 9.99 Å². The van der Waals surface area contributed by atoms with Crippen LogP contribution in [0.3, 0.4) is 0 Å². The lowest BCUT2D eigenvalue weighted by Gasteiger charge is -2.06. The van der Waals surface area contributed by atoms with Crippen molar-refractivity contribution in [3.63, 3.8) is 0 Å². The molecular formula is C24H19FIN3O2. The van der Waals surface area contributed by atoms with Crippen molar-refractivity contribution < 1.29 is 13.9 Å². The first-order chi connectivity index (χ1) is 15.0. The molecule has 4 rings (SSSR count). The Labute approximate surface area is 192 Å². The number of rotatable bonds is 6. The van der Waals surface area contributed by atoms with Gasteiger partial charge in [-0.3, -0.25) is 4.79 Å². The average molecular weight is 527 g/mol. The van der Waals surface area contributed by atoms with Gasteiger partial charge in [0.05, 0.1) is 16.9 Å². The highest BCUT2D eigenvalue weighted by molar-refractivity contribution is 14.1. The summed E-state index contributed by atoms with van der Waals surface area (Å²) in [6.45, 7) is 0.588. The van der Waals surface area contributed by atoms with E-state index >= 15 is 0 Å². The van der Waals surface area contributed by atoms with Crippen molar-refractivity contribution in [2.75, 3.05) is 7.11 Å². The summed E-state index contributed by atoms with van der Waals surface area (Å²) in [6.07, 6.45) is 3.58.